The Hall–Kier alpha value is -2.23. The van der Waals surface area contributed by atoms with E-state index in [1.807, 2.05) is 65.2 Å². The van der Waals surface area contributed by atoms with Crippen LogP contribution in [0.4, 0.5) is 0 Å². The van der Waals surface area contributed by atoms with E-state index in [2.05, 4.69) is 0 Å². The molecule has 0 amide bonds. The Morgan fingerprint density at radius 1 is 0.523 bits per heavy atom. The third kappa shape index (κ3) is 6.80. The summed E-state index contributed by atoms with van der Waals surface area (Å²) in [5, 5.41) is 1.39. The monoisotopic (exact) mass is 750 g/mol. The van der Waals surface area contributed by atoms with E-state index in [4.69, 9.17) is 40.8 Å². The molecule has 5 rings (SSSR count). The van der Waals surface area contributed by atoms with Crippen LogP contribution < -0.4 is 10.5 Å². The number of hydrogen-bond acceptors (Lipinski definition) is 4. The normalized spacial score (nSPS) is 17.7. The summed E-state index contributed by atoms with van der Waals surface area (Å²) >= 11 is 12.9. The fourth-order valence-electron chi connectivity index (χ4n) is 5.11. The van der Waals surface area contributed by atoms with E-state index in [-0.39, 0.29) is 0 Å². The molecule has 2 aliphatic carbocycles. The van der Waals surface area contributed by atoms with Crippen molar-refractivity contribution in [1.82, 2.24) is 0 Å². The maximum absolute atomic E-state index is 14.1. The van der Waals surface area contributed by atoms with Gasteiger partial charge in [-0.1, -0.05) is 0 Å². The molecule has 222 valence electrons. The van der Waals surface area contributed by atoms with E-state index in [1.165, 1.54) is 12.2 Å². The number of carbonyl (C=O) groups excluding carboxylic acids is 2. The molecule has 0 spiro atoms. The molecule has 0 heterocycles. The van der Waals surface area contributed by atoms with Crippen molar-refractivity contribution in [1.29, 1.82) is 0 Å². The summed E-state index contributed by atoms with van der Waals surface area (Å²) < 4.78 is 15.1. The number of benzene rings is 3. The fraction of sp³-hybridized carbons (Fsp3) is 0.0556. The first-order valence-electron chi connectivity index (χ1n) is 13.7. The predicted octanol–water partition coefficient (Wildman–Crippen LogP) is 6.85. The number of halogens is 3. The molecule has 0 N–H and O–H groups in total. The van der Waals surface area contributed by atoms with Crippen LogP contribution in [0.3, 0.4) is 0 Å². The quantitative estimate of drug-likeness (QED) is 0.177. The molecular weight excluding hydrogens is 725 g/mol. The van der Waals surface area contributed by atoms with Crippen LogP contribution >= 0.6 is 34.8 Å². The summed E-state index contributed by atoms with van der Waals surface area (Å²) in [4.78, 5) is 28.3. The van der Waals surface area contributed by atoms with Crippen molar-refractivity contribution < 1.29 is 15.6 Å². The van der Waals surface area contributed by atoms with Gasteiger partial charge in [0.2, 0.25) is 0 Å². The van der Waals surface area contributed by atoms with Gasteiger partial charge in [0.25, 0.3) is 0 Å². The Labute approximate surface area is 277 Å². The van der Waals surface area contributed by atoms with Crippen LogP contribution in [0.1, 0.15) is 13.8 Å². The molecule has 3 aromatic carbocycles. The van der Waals surface area contributed by atoms with Gasteiger partial charge in [0, 0.05) is 0 Å². The third-order valence-corrected chi connectivity index (χ3v) is 21.7. The predicted molar refractivity (Wildman–Crippen MR) is 180 cm³/mol. The van der Waals surface area contributed by atoms with Crippen LogP contribution in [0.2, 0.25) is 15.1 Å². The average Bonchev–Trinajstić information content (AvgIpc) is 3.73. The van der Waals surface area contributed by atoms with Crippen LogP contribution in [0.5, 0.6) is 0 Å². The Morgan fingerprint density at radius 2 is 0.795 bits per heavy atom. The molecule has 4 nitrogen and oxygen atoms in total. The molecule has 3 aromatic rings. The molecule has 0 aliphatic heterocycles. The van der Waals surface area contributed by atoms with Gasteiger partial charge in [0.15, 0.2) is 0 Å². The van der Waals surface area contributed by atoms with Gasteiger partial charge < -0.3 is 0 Å². The van der Waals surface area contributed by atoms with Crippen LogP contribution in [0.25, 0.3) is 0 Å². The molecule has 0 aromatic heterocycles. The summed E-state index contributed by atoms with van der Waals surface area (Å²) in [5.41, 5.74) is 1.38. The van der Waals surface area contributed by atoms with Crippen LogP contribution in [0, 0.1) is 63.2 Å². The van der Waals surface area contributed by atoms with Gasteiger partial charge >= 0.3 is 279 Å². The van der Waals surface area contributed by atoms with E-state index >= 15 is 0 Å². The maximum atomic E-state index is 14.1. The van der Waals surface area contributed by atoms with Crippen LogP contribution in [-0.2, 0) is 15.6 Å². The van der Waals surface area contributed by atoms with Crippen molar-refractivity contribution in [3.63, 3.8) is 0 Å². The Bertz CT molecular complexity index is 1390. The number of rotatable bonds is 9. The molecule has 0 saturated heterocycles. The summed E-state index contributed by atoms with van der Waals surface area (Å²) in [6.07, 6.45) is 18.0. The van der Waals surface area contributed by atoms with Crippen molar-refractivity contribution in [2.24, 2.45) is 0 Å². The Balaban J connectivity index is 1.79. The molecule has 0 atom stereocenters. The standard InChI is InChI=1S/2C9H9O2.3C6H4Cl.Sb/c2*1-7(6-9(10)11)8-4-2-3-5-8;3*7-6-4-2-1-3-5-6;/h2*2-6H,1H3,(H,10,11);3*2-5H;/q;;;;;+2/p-2/b2*7-6+;;;;. The zero-order valence-corrected chi connectivity index (χ0v) is 28.7. The molecule has 10 radical (unpaired) electrons. The van der Waals surface area contributed by atoms with E-state index in [1.54, 1.807) is 72.8 Å². The average molecular weight is 753 g/mol. The van der Waals surface area contributed by atoms with Gasteiger partial charge in [0.1, 0.15) is 0 Å². The fourth-order valence-corrected chi connectivity index (χ4v) is 18.1. The van der Waals surface area contributed by atoms with Crippen molar-refractivity contribution in [3.8, 4) is 0 Å². The zero-order valence-electron chi connectivity index (χ0n) is 23.9. The summed E-state index contributed by atoms with van der Waals surface area (Å²) in [6.45, 7) is 3.65. The first-order chi connectivity index (χ1) is 21.1. The molecule has 0 unspecified atom stereocenters. The summed E-state index contributed by atoms with van der Waals surface area (Å²) in [6, 6.07) is 20.6. The summed E-state index contributed by atoms with van der Waals surface area (Å²) in [5.74, 6) is 0.390. The molecule has 44 heavy (non-hydrogen) atoms. The number of hydrogen-bond donors (Lipinski definition) is 0. The topological polar surface area (TPSA) is 52.6 Å². The van der Waals surface area contributed by atoms with Gasteiger partial charge in [-0.05, 0) is 0 Å². The first kappa shape index (κ1) is 33.1. The van der Waals surface area contributed by atoms with E-state index in [0.29, 0.717) is 36.7 Å². The van der Waals surface area contributed by atoms with E-state index in [9.17, 15) is 9.59 Å². The minimum absolute atomic E-state index is 0.464. The molecular formula is C36H28Cl3O4Sb. The second-order valence-corrected chi connectivity index (χ2v) is 22.4. The Kier molecular flexibility index (Phi) is 10.6. The van der Waals surface area contributed by atoms with E-state index < -0.39 is 30.2 Å². The molecule has 8 heteroatoms. The third-order valence-electron chi connectivity index (χ3n) is 7.32. The molecule has 2 fully saturated rings. The molecule has 2 aliphatic rings. The van der Waals surface area contributed by atoms with Crippen molar-refractivity contribution in [3.05, 3.63) is 174 Å². The minimum atomic E-state index is -6.20. The van der Waals surface area contributed by atoms with Crippen LogP contribution in [-0.4, -0.2) is 30.2 Å². The van der Waals surface area contributed by atoms with Crippen LogP contribution in [0.15, 0.2) is 96.1 Å². The van der Waals surface area contributed by atoms with Gasteiger partial charge in [-0.15, -0.1) is 0 Å². The zero-order chi connectivity index (χ0) is 31.3. The Morgan fingerprint density at radius 3 is 1.07 bits per heavy atom. The second-order valence-electron chi connectivity index (χ2n) is 10.2. The van der Waals surface area contributed by atoms with Gasteiger partial charge in [-0.25, -0.2) is 0 Å². The van der Waals surface area contributed by atoms with Gasteiger partial charge in [-0.2, -0.15) is 0 Å². The van der Waals surface area contributed by atoms with Crippen molar-refractivity contribution in [2.45, 2.75) is 13.8 Å². The summed E-state index contributed by atoms with van der Waals surface area (Å²) in [7, 11) is 0. The number of carbonyl (C=O) groups is 2. The van der Waals surface area contributed by atoms with Gasteiger partial charge in [-0.3, -0.25) is 0 Å². The van der Waals surface area contributed by atoms with Crippen molar-refractivity contribution >= 4 is 75.5 Å². The first-order valence-corrected chi connectivity index (χ1v) is 20.7. The SMILES string of the molecule is C/C(=C\C(=O)[O][Sb]([O]C(=O)/C=C(\C)[C]1[CH][CH][CH][CH]1)([c]1ccc(Cl)cc1)([c]1ccc(Cl)cc1)[c]1ccc(Cl)cc1)[C]1[CH][CH][CH][CH]1. The van der Waals surface area contributed by atoms with E-state index in [0.717, 1.165) is 11.8 Å². The number of allylic oxidation sites excluding steroid dienone is 2. The molecule has 2 saturated carbocycles. The second kappa shape index (κ2) is 14.0. The van der Waals surface area contributed by atoms with Crippen molar-refractivity contribution in [2.75, 3.05) is 0 Å². The molecule has 0 bridgehead atoms. The van der Waals surface area contributed by atoms with Gasteiger partial charge in [0.05, 0.1) is 0 Å².